The van der Waals surface area contributed by atoms with Crippen molar-refractivity contribution in [2.75, 3.05) is 0 Å². The largest absolute Gasteiger partial charge is 0.255 e. The minimum Gasteiger partial charge on any atom is -0.255 e. The first-order valence-corrected chi connectivity index (χ1v) is 5.74. The van der Waals surface area contributed by atoms with Gasteiger partial charge in [-0.3, -0.25) is 9.67 Å². The van der Waals surface area contributed by atoms with Crippen molar-refractivity contribution in [1.82, 2.24) is 14.8 Å². The molecule has 84 valence electrons. The van der Waals surface area contributed by atoms with Crippen LogP contribution in [0.4, 0.5) is 0 Å². The highest BCUT2D eigenvalue weighted by molar-refractivity contribution is 5.54. The first-order valence-electron chi connectivity index (χ1n) is 5.74. The van der Waals surface area contributed by atoms with Crippen LogP contribution in [-0.4, -0.2) is 14.8 Å². The highest BCUT2D eigenvalue weighted by Crippen LogP contribution is 2.41. The standard InChI is InChI=1S/C13H12N4/c14-6-8-17-13(10-4-5-10)9-12(16-17)11-3-1-2-7-15-11/h1-3,7,9-10H,4-5,8H2. The molecule has 3 rings (SSSR count). The van der Waals surface area contributed by atoms with Gasteiger partial charge in [-0.15, -0.1) is 0 Å². The first-order chi connectivity index (χ1) is 8.38. The van der Waals surface area contributed by atoms with E-state index in [1.807, 2.05) is 22.9 Å². The number of nitrogens with zero attached hydrogens (tertiary/aromatic N) is 4. The summed E-state index contributed by atoms with van der Waals surface area (Å²) < 4.78 is 1.81. The van der Waals surface area contributed by atoms with E-state index in [2.05, 4.69) is 22.2 Å². The lowest BCUT2D eigenvalue weighted by molar-refractivity contribution is 0.667. The second-order valence-electron chi connectivity index (χ2n) is 4.26. The number of hydrogen-bond acceptors (Lipinski definition) is 3. The van der Waals surface area contributed by atoms with E-state index in [0.29, 0.717) is 12.5 Å². The van der Waals surface area contributed by atoms with Crippen LogP contribution in [0.5, 0.6) is 0 Å². The van der Waals surface area contributed by atoms with Gasteiger partial charge in [0.1, 0.15) is 12.2 Å². The van der Waals surface area contributed by atoms with Crippen molar-refractivity contribution < 1.29 is 0 Å². The summed E-state index contributed by atoms with van der Waals surface area (Å²) in [6, 6.07) is 9.99. The normalized spacial score (nSPS) is 14.5. The summed E-state index contributed by atoms with van der Waals surface area (Å²) in [5, 5.41) is 13.3. The van der Waals surface area contributed by atoms with Crippen LogP contribution in [0.25, 0.3) is 11.4 Å². The van der Waals surface area contributed by atoms with E-state index in [1.54, 1.807) is 6.20 Å². The van der Waals surface area contributed by atoms with Crippen LogP contribution in [0.15, 0.2) is 30.5 Å². The lowest BCUT2D eigenvalue weighted by Gasteiger charge is -1.99. The van der Waals surface area contributed by atoms with Crippen molar-refractivity contribution in [1.29, 1.82) is 5.26 Å². The Balaban J connectivity index is 2.01. The lowest BCUT2D eigenvalue weighted by Crippen LogP contribution is -2.02. The molecule has 4 heteroatoms. The summed E-state index contributed by atoms with van der Waals surface area (Å²) in [6.07, 6.45) is 4.17. The average molecular weight is 224 g/mol. The van der Waals surface area contributed by atoms with E-state index in [4.69, 9.17) is 5.26 Å². The molecule has 0 bridgehead atoms. The zero-order valence-corrected chi connectivity index (χ0v) is 9.37. The van der Waals surface area contributed by atoms with Crippen LogP contribution in [0, 0.1) is 11.3 Å². The molecule has 4 nitrogen and oxygen atoms in total. The van der Waals surface area contributed by atoms with E-state index in [9.17, 15) is 0 Å². The summed E-state index contributed by atoms with van der Waals surface area (Å²) in [4.78, 5) is 4.28. The zero-order valence-electron chi connectivity index (χ0n) is 9.37. The topological polar surface area (TPSA) is 54.5 Å². The van der Waals surface area contributed by atoms with Crippen LogP contribution in [0.2, 0.25) is 0 Å². The fraction of sp³-hybridized carbons (Fsp3) is 0.308. The molecule has 0 N–H and O–H groups in total. The molecule has 1 aliphatic rings. The Hall–Kier alpha value is -2.15. The number of nitriles is 1. The van der Waals surface area contributed by atoms with Gasteiger partial charge in [0.25, 0.3) is 0 Å². The lowest BCUT2D eigenvalue weighted by atomic mass is 10.2. The number of rotatable bonds is 3. The second-order valence-corrected chi connectivity index (χ2v) is 4.26. The maximum absolute atomic E-state index is 8.80. The predicted molar refractivity (Wildman–Crippen MR) is 63.0 cm³/mol. The molecule has 17 heavy (non-hydrogen) atoms. The van der Waals surface area contributed by atoms with Gasteiger partial charge < -0.3 is 0 Å². The molecule has 2 heterocycles. The van der Waals surface area contributed by atoms with Crippen molar-refractivity contribution in [3.8, 4) is 17.5 Å². The average Bonchev–Trinajstić information content (AvgIpc) is 3.13. The molecule has 1 aliphatic carbocycles. The van der Waals surface area contributed by atoms with E-state index in [0.717, 1.165) is 11.4 Å². The van der Waals surface area contributed by atoms with Crippen molar-refractivity contribution in [3.63, 3.8) is 0 Å². The second kappa shape index (κ2) is 4.02. The van der Waals surface area contributed by atoms with Gasteiger partial charge in [-0.2, -0.15) is 10.4 Å². The van der Waals surface area contributed by atoms with Gasteiger partial charge in [-0.05, 0) is 31.0 Å². The smallest absolute Gasteiger partial charge is 0.128 e. The van der Waals surface area contributed by atoms with E-state index < -0.39 is 0 Å². The molecule has 0 radical (unpaired) electrons. The molecular formula is C13H12N4. The van der Waals surface area contributed by atoms with Gasteiger partial charge >= 0.3 is 0 Å². The Labute approximate surface area is 99.5 Å². The third-order valence-electron chi connectivity index (χ3n) is 2.95. The third-order valence-corrected chi connectivity index (χ3v) is 2.95. The van der Waals surface area contributed by atoms with Gasteiger partial charge in [0.15, 0.2) is 0 Å². The minimum absolute atomic E-state index is 0.318. The molecule has 2 aromatic heterocycles. The van der Waals surface area contributed by atoms with Gasteiger partial charge in [0.2, 0.25) is 0 Å². The van der Waals surface area contributed by atoms with Crippen LogP contribution in [0.3, 0.4) is 0 Å². The van der Waals surface area contributed by atoms with Gasteiger partial charge in [-0.1, -0.05) is 6.07 Å². The van der Waals surface area contributed by atoms with Gasteiger partial charge in [0, 0.05) is 17.8 Å². The number of pyridine rings is 1. The SMILES string of the molecule is N#CCn1nc(-c2ccccn2)cc1C1CC1. The Kier molecular flexibility index (Phi) is 2.37. The first kappa shape index (κ1) is 10.0. The van der Waals surface area contributed by atoms with E-state index >= 15 is 0 Å². The monoisotopic (exact) mass is 224 g/mol. The molecule has 2 aromatic rings. The molecule has 0 amide bonds. The zero-order chi connectivity index (χ0) is 11.7. The Morgan fingerprint density at radius 3 is 2.88 bits per heavy atom. The maximum Gasteiger partial charge on any atom is 0.128 e. The predicted octanol–water partition coefficient (Wildman–Crippen LogP) is 2.35. The Morgan fingerprint density at radius 1 is 1.35 bits per heavy atom. The summed E-state index contributed by atoms with van der Waals surface area (Å²) >= 11 is 0. The van der Waals surface area contributed by atoms with Crippen molar-refractivity contribution >= 4 is 0 Å². The summed E-state index contributed by atoms with van der Waals surface area (Å²) in [5.41, 5.74) is 2.90. The van der Waals surface area contributed by atoms with E-state index in [-0.39, 0.29) is 0 Å². The molecule has 0 spiro atoms. The van der Waals surface area contributed by atoms with Crippen LogP contribution < -0.4 is 0 Å². The number of aromatic nitrogens is 3. The fourth-order valence-electron chi connectivity index (χ4n) is 1.97. The quantitative estimate of drug-likeness (QED) is 0.804. The van der Waals surface area contributed by atoms with Crippen molar-refractivity contribution in [2.24, 2.45) is 0 Å². The highest BCUT2D eigenvalue weighted by atomic mass is 15.3. The van der Waals surface area contributed by atoms with Gasteiger partial charge in [0.05, 0.1) is 11.8 Å². The summed E-state index contributed by atoms with van der Waals surface area (Å²) in [6.45, 7) is 0.318. The summed E-state index contributed by atoms with van der Waals surface area (Å²) in [7, 11) is 0. The maximum atomic E-state index is 8.80. The highest BCUT2D eigenvalue weighted by Gasteiger charge is 2.28. The molecule has 1 fully saturated rings. The van der Waals surface area contributed by atoms with Gasteiger partial charge in [-0.25, -0.2) is 0 Å². The molecular weight excluding hydrogens is 212 g/mol. The molecule has 0 saturated heterocycles. The molecule has 0 aromatic carbocycles. The molecule has 0 aliphatic heterocycles. The molecule has 0 atom stereocenters. The molecule has 0 unspecified atom stereocenters. The number of hydrogen-bond donors (Lipinski definition) is 0. The Bertz CT molecular complexity index is 561. The fourth-order valence-corrected chi connectivity index (χ4v) is 1.97. The Morgan fingerprint density at radius 2 is 2.24 bits per heavy atom. The van der Waals surface area contributed by atoms with Crippen molar-refractivity contribution in [2.45, 2.75) is 25.3 Å². The van der Waals surface area contributed by atoms with Crippen molar-refractivity contribution in [3.05, 3.63) is 36.2 Å². The molecule has 1 saturated carbocycles. The third kappa shape index (κ3) is 1.92. The summed E-state index contributed by atoms with van der Waals surface area (Å²) in [5.74, 6) is 0.591. The van der Waals surface area contributed by atoms with E-state index in [1.165, 1.54) is 18.5 Å². The minimum atomic E-state index is 0.318. The van der Waals surface area contributed by atoms with Crippen LogP contribution in [0.1, 0.15) is 24.5 Å². The van der Waals surface area contributed by atoms with Crippen LogP contribution in [-0.2, 0) is 6.54 Å². The van der Waals surface area contributed by atoms with Crippen LogP contribution >= 0.6 is 0 Å².